The molecule has 0 radical (unpaired) electrons. The van der Waals surface area contributed by atoms with Crippen molar-refractivity contribution in [3.8, 4) is 0 Å². The van der Waals surface area contributed by atoms with E-state index in [1.165, 1.54) is 6.07 Å². The van der Waals surface area contributed by atoms with Gasteiger partial charge in [0.1, 0.15) is 6.10 Å². The van der Waals surface area contributed by atoms with Gasteiger partial charge >= 0.3 is 6.18 Å². The number of guanidine groups is 1. The molecule has 1 aromatic carbocycles. The second-order valence-corrected chi connectivity index (χ2v) is 7.78. The number of nitrogens with one attached hydrogen (secondary N) is 1. The number of hydrogen-bond acceptors (Lipinski definition) is 4. The number of rotatable bonds is 5. The Hall–Kier alpha value is -2.59. The van der Waals surface area contributed by atoms with Gasteiger partial charge in [-0.25, -0.2) is 0 Å². The highest BCUT2D eigenvalue weighted by atomic mass is 19.4. The molecule has 1 aromatic heterocycles. The second-order valence-electron chi connectivity index (χ2n) is 7.78. The molecule has 10 heteroatoms. The smallest absolute Gasteiger partial charge is 0.370 e. The number of alkyl halides is 3. The van der Waals surface area contributed by atoms with Crippen molar-refractivity contribution in [2.24, 2.45) is 12.0 Å². The van der Waals surface area contributed by atoms with E-state index >= 15 is 0 Å². The molecule has 1 aliphatic rings. The van der Waals surface area contributed by atoms with E-state index < -0.39 is 17.8 Å². The zero-order chi connectivity index (χ0) is 22.6. The standard InChI is InChI=1S/C21H29F3N6O/c1-25-20(26-12-18(28(2)3)16-11-27-29(4)13-16)30-8-9-31-19(14-30)15-6-5-7-17(10-15)21(22,23)24/h5-7,10-11,13,18-19H,8-9,12,14H2,1-4H3,(H,25,26). The van der Waals surface area contributed by atoms with Gasteiger partial charge in [-0.1, -0.05) is 12.1 Å². The lowest BCUT2D eigenvalue weighted by Crippen LogP contribution is -2.49. The molecule has 0 amide bonds. The van der Waals surface area contributed by atoms with Crippen molar-refractivity contribution >= 4 is 5.96 Å². The number of ether oxygens (including phenoxy) is 1. The fourth-order valence-electron chi connectivity index (χ4n) is 3.69. The van der Waals surface area contributed by atoms with Crippen molar-refractivity contribution in [3.05, 3.63) is 53.3 Å². The van der Waals surface area contributed by atoms with Crippen molar-refractivity contribution in [1.29, 1.82) is 0 Å². The van der Waals surface area contributed by atoms with Crippen LogP contribution in [0, 0.1) is 0 Å². The molecule has 1 N–H and O–H groups in total. The van der Waals surface area contributed by atoms with Gasteiger partial charge in [0.05, 0.1) is 31.0 Å². The van der Waals surface area contributed by atoms with E-state index in [0.717, 1.165) is 17.7 Å². The zero-order valence-corrected chi connectivity index (χ0v) is 18.2. The van der Waals surface area contributed by atoms with Crippen molar-refractivity contribution in [1.82, 2.24) is 24.9 Å². The molecule has 1 saturated heterocycles. The minimum Gasteiger partial charge on any atom is -0.370 e. The summed E-state index contributed by atoms with van der Waals surface area (Å²) in [5.74, 6) is 0.691. The van der Waals surface area contributed by atoms with Gasteiger partial charge in [-0.15, -0.1) is 0 Å². The third-order valence-corrected chi connectivity index (χ3v) is 5.35. The molecule has 2 atom stereocenters. The molecule has 3 rings (SSSR count). The lowest BCUT2D eigenvalue weighted by molar-refractivity contribution is -0.137. The van der Waals surface area contributed by atoms with Gasteiger partial charge in [0.15, 0.2) is 5.96 Å². The molecule has 7 nitrogen and oxygen atoms in total. The molecule has 2 heterocycles. The molecular weight excluding hydrogens is 409 g/mol. The second kappa shape index (κ2) is 9.69. The molecular formula is C21H29F3N6O. The third-order valence-electron chi connectivity index (χ3n) is 5.35. The molecule has 2 unspecified atom stereocenters. The quantitative estimate of drug-likeness (QED) is 0.575. The molecule has 1 aliphatic heterocycles. The average Bonchev–Trinajstić information content (AvgIpc) is 3.16. The SMILES string of the molecule is CN=C(NCC(c1cnn(C)c1)N(C)C)N1CCOC(c2cccc(C(F)(F)F)c2)C1. The summed E-state index contributed by atoms with van der Waals surface area (Å²) < 4.78 is 46.8. The molecule has 31 heavy (non-hydrogen) atoms. The van der Waals surface area contributed by atoms with Crippen LogP contribution in [0.2, 0.25) is 0 Å². The number of hydrogen-bond donors (Lipinski definition) is 1. The van der Waals surface area contributed by atoms with Crippen LogP contribution in [0.25, 0.3) is 0 Å². The van der Waals surface area contributed by atoms with E-state index in [1.54, 1.807) is 17.8 Å². The maximum Gasteiger partial charge on any atom is 0.416 e. The highest BCUT2D eigenvalue weighted by Gasteiger charge is 2.32. The van der Waals surface area contributed by atoms with Crippen LogP contribution in [0.1, 0.15) is 28.8 Å². The number of aliphatic imine (C=N–C) groups is 1. The van der Waals surface area contributed by atoms with Gasteiger partial charge in [-0.3, -0.25) is 9.67 Å². The Balaban J connectivity index is 1.68. The van der Waals surface area contributed by atoms with Crippen molar-refractivity contribution in [2.45, 2.75) is 18.3 Å². The molecule has 1 fully saturated rings. The number of benzene rings is 1. The largest absolute Gasteiger partial charge is 0.416 e. The Bertz CT molecular complexity index is 895. The maximum atomic E-state index is 13.1. The van der Waals surface area contributed by atoms with Gasteiger partial charge in [0, 0.05) is 38.9 Å². The third kappa shape index (κ3) is 5.76. The van der Waals surface area contributed by atoms with Crippen LogP contribution >= 0.6 is 0 Å². The number of morpholine rings is 1. The van der Waals surface area contributed by atoms with Gasteiger partial charge < -0.3 is 19.9 Å². The Kier molecular flexibility index (Phi) is 7.22. The van der Waals surface area contributed by atoms with Crippen molar-refractivity contribution in [3.63, 3.8) is 0 Å². The van der Waals surface area contributed by atoms with E-state index in [4.69, 9.17) is 4.74 Å². The van der Waals surface area contributed by atoms with Crippen LogP contribution in [0.3, 0.4) is 0 Å². The maximum absolute atomic E-state index is 13.1. The first-order valence-corrected chi connectivity index (χ1v) is 10.1. The average molecular weight is 438 g/mol. The predicted octanol–water partition coefficient (Wildman–Crippen LogP) is 2.69. The zero-order valence-electron chi connectivity index (χ0n) is 18.2. The van der Waals surface area contributed by atoms with E-state index in [0.29, 0.717) is 37.8 Å². The molecule has 0 spiro atoms. The number of halogens is 3. The molecule has 0 saturated carbocycles. The number of aromatic nitrogens is 2. The monoisotopic (exact) mass is 438 g/mol. The number of likely N-dealkylation sites (N-methyl/N-ethyl adjacent to an activating group) is 1. The normalized spacial score (nSPS) is 19.0. The lowest BCUT2D eigenvalue weighted by Gasteiger charge is -2.36. The van der Waals surface area contributed by atoms with Gasteiger partial charge in [0.2, 0.25) is 0 Å². The molecule has 0 aliphatic carbocycles. The summed E-state index contributed by atoms with van der Waals surface area (Å²) in [5, 5.41) is 7.65. The van der Waals surface area contributed by atoms with Gasteiger partial charge in [0.25, 0.3) is 0 Å². The minimum absolute atomic E-state index is 0.0887. The van der Waals surface area contributed by atoms with Crippen molar-refractivity contribution < 1.29 is 17.9 Å². The van der Waals surface area contributed by atoms with E-state index in [-0.39, 0.29) is 6.04 Å². The Morgan fingerprint density at radius 3 is 2.77 bits per heavy atom. The summed E-state index contributed by atoms with van der Waals surface area (Å²) in [6.07, 6.45) is -1.02. The number of nitrogens with zero attached hydrogens (tertiary/aromatic N) is 5. The Labute approximate surface area is 180 Å². The topological polar surface area (TPSA) is 57.9 Å². The molecule has 170 valence electrons. The van der Waals surface area contributed by atoms with Gasteiger partial charge in [-0.05, 0) is 31.8 Å². The Morgan fingerprint density at radius 1 is 1.39 bits per heavy atom. The van der Waals surface area contributed by atoms with Crippen LogP contribution in [-0.2, 0) is 18.0 Å². The summed E-state index contributed by atoms with van der Waals surface area (Å²) in [5.41, 5.74) is 0.925. The first kappa shape index (κ1) is 23.1. The molecule has 2 aromatic rings. The van der Waals surface area contributed by atoms with Crippen LogP contribution in [0.5, 0.6) is 0 Å². The molecule has 0 bridgehead atoms. The van der Waals surface area contributed by atoms with E-state index in [2.05, 4.69) is 20.3 Å². The van der Waals surface area contributed by atoms with E-state index in [1.807, 2.05) is 38.4 Å². The number of aryl methyl sites for hydroxylation is 1. The van der Waals surface area contributed by atoms with Gasteiger partial charge in [-0.2, -0.15) is 18.3 Å². The first-order chi connectivity index (χ1) is 14.7. The summed E-state index contributed by atoms with van der Waals surface area (Å²) in [4.78, 5) is 8.50. The minimum atomic E-state index is -4.38. The van der Waals surface area contributed by atoms with Crippen molar-refractivity contribution in [2.75, 3.05) is 47.4 Å². The van der Waals surface area contributed by atoms with Crippen LogP contribution < -0.4 is 5.32 Å². The van der Waals surface area contributed by atoms with Crippen LogP contribution in [0.4, 0.5) is 13.2 Å². The highest BCUT2D eigenvalue weighted by Crippen LogP contribution is 2.32. The first-order valence-electron chi connectivity index (χ1n) is 10.1. The van der Waals surface area contributed by atoms with Crippen LogP contribution in [0.15, 0.2) is 41.7 Å². The highest BCUT2D eigenvalue weighted by molar-refractivity contribution is 5.80. The summed E-state index contributed by atoms with van der Waals surface area (Å²) >= 11 is 0. The summed E-state index contributed by atoms with van der Waals surface area (Å²) in [6, 6.07) is 5.41. The fraction of sp³-hybridized carbons (Fsp3) is 0.524. The lowest BCUT2D eigenvalue weighted by atomic mass is 10.0. The Morgan fingerprint density at radius 2 is 2.16 bits per heavy atom. The van der Waals surface area contributed by atoms with Crippen LogP contribution in [-0.4, -0.2) is 72.9 Å². The predicted molar refractivity (Wildman–Crippen MR) is 113 cm³/mol. The summed E-state index contributed by atoms with van der Waals surface area (Å²) in [7, 11) is 7.58. The summed E-state index contributed by atoms with van der Waals surface area (Å²) in [6.45, 7) is 2.04. The fourth-order valence-corrected chi connectivity index (χ4v) is 3.69. The van der Waals surface area contributed by atoms with E-state index in [9.17, 15) is 13.2 Å².